The van der Waals surface area contributed by atoms with Crippen molar-refractivity contribution in [3.05, 3.63) is 0 Å². The summed E-state index contributed by atoms with van der Waals surface area (Å²) in [5, 5.41) is 0. The van der Waals surface area contributed by atoms with Gasteiger partial charge in [0, 0.05) is 4.57 Å². The zero-order chi connectivity index (χ0) is 3.70. The van der Waals surface area contributed by atoms with Crippen LogP contribution in [0.25, 0.3) is 0 Å². The van der Waals surface area contributed by atoms with Crippen LogP contribution in [0, 0.1) is 0 Å². The summed E-state index contributed by atoms with van der Waals surface area (Å²) in [7, 11) is -1.67. The summed E-state index contributed by atoms with van der Waals surface area (Å²) in [6, 6.07) is 0. The van der Waals surface area contributed by atoms with E-state index in [1.807, 2.05) is 0 Å². The summed E-state index contributed by atoms with van der Waals surface area (Å²) in [5.41, 5.74) is 0. The van der Waals surface area contributed by atoms with Crippen LogP contribution < -0.4 is 0 Å². The smallest absolute Gasteiger partial charge is 1.00 e. The van der Waals surface area contributed by atoms with Crippen molar-refractivity contribution in [1.82, 2.24) is 0 Å². The summed E-state index contributed by atoms with van der Waals surface area (Å²) in [6.45, 7) is 0.204. The molecule has 0 unspecified atom stereocenters. The van der Waals surface area contributed by atoms with Gasteiger partial charge in [0.1, 0.15) is 0 Å². The van der Waals surface area contributed by atoms with Crippen LogP contribution in [0.2, 0.25) is 0 Å². The number of hydrogen-bond donors (Lipinski definition) is 0. The third-order valence-corrected chi connectivity index (χ3v) is 0.949. The largest absolute Gasteiger partial charge is 2.00 e. The molecule has 0 aromatic carbocycles. The molecule has 1 saturated heterocycles. The van der Waals surface area contributed by atoms with Gasteiger partial charge in [0.15, 0.2) is 0 Å². The quantitative estimate of drug-likeness (QED) is 0.344. The normalized spacial score (nSPS) is 18.3. The standard InChI is InChI=1S/CH2O3P.Mg.2H/c2-5-3-1-4-5;;;/h1H2;;;/q+1;+2;2*-1. The summed E-state index contributed by atoms with van der Waals surface area (Å²) >= 11 is 0. The first-order valence-corrected chi connectivity index (χ1v) is 2.22. The van der Waals surface area contributed by atoms with Gasteiger partial charge in [-0.3, -0.25) is 0 Å². The van der Waals surface area contributed by atoms with Crippen LogP contribution in [0.3, 0.4) is 0 Å². The van der Waals surface area contributed by atoms with E-state index in [-0.39, 0.29) is 32.7 Å². The van der Waals surface area contributed by atoms with Crippen LogP contribution in [0.4, 0.5) is 0 Å². The van der Waals surface area contributed by atoms with Crippen molar-refractivity contribution in [3.63, 3.8) is 0 Å². The van der Waals surface area contributed by atoms with Crippen LogP contribution >= 0.6 is 8.25 Å². The van der Waals surface area contributed by atoms with E-state index >= 15 is 0 Å². The van der Waals surface area contributed by atoms with Crippen LogP contribution in [0.1, 0.15) is 2.85 Å². The minimum Gasteiger partial charge on any atom is -1.00 e. The molecule has 0 aromatic heterocycles. The molecule has 0 radical (unpaired) electrons. The fourth-order valence-corrected chi connectivity index (χ4v) is 0.287. The van der Waals surface area contributed by atoms with Crippen molar-refractivity contribution >= 4 is 31.3 Å². The van der Waals surface area contributed by atoms with E-state index in [0.717, 1.165) is 0 Å². The molecular formula is CH4MgO3P+. The predicted molar refractivity (Wildman–Crippen MR) is 22.6 cm³/mol. The van der Waals surface area contributed by atoms with Crippen LogP contribution in [-0.2, 0) is 13.6 Å². The monoisotopic (exact) mass is 119 g/mol. The molecule has 3 nitrogen and oxygen atoms in total. The van der Waals surface area contributed by atoms with Gasteiger partial charge in [-0.15, -0.1) is 0 Å². The minimum absolute atomic E-state index is 0. The van der Waals surface area contributed by atoms with Gasteiger partial charge in [-0.25, -0.2) is 0 Å². The molecule has 1 rings (SSSR count). The molecule has 0 aliphatic carbocycles. The molecule has 0 bridgehead atoms. The Kier molecular flexibility index (Phi) is 3.26. The fraction of sp³-hybridized carbons (Fsp3) is 1.00. The molecule has 5 heteroatoms. The van der Waals surface area contributed by atoms with E-state index in [1.54, 1.807) is 0 Å². The van der Waals surface area contributed by atoms with Crippen LogP contribution in [-0.4, -0.2) is 29.8 Å². The summed E-state index contributed by atoms with van der Waals surface area (Å²) in [4.78, 5) is 0. The molecule has 0 N–H and O–H groups in total. The van der Waals surface area contributed by atoms with Gasteiger partial charge >= 0.3 is 31.3 Å². The Morgan fingerprint density at radius 1 is 1.67 bits per heavy atom. The van der Waals surface area contributed by atoms with E-state index < -0.39 is 8.25 Å². The molecule has 6 heavy (non-hydrogen) atoms. The number of rotatable bonds is 0. The summed E-state index contributed by atoms with van der Waals surface area (Å²) < 4.78 is 18.0. The second kappa shape index (κ2) is 2.88. The predicted octanol–water partition coefficient (Wildman–Crippen LogP) is 0.492. The number of hydrogen-bond acceptors (Lipinski definition) is 3. The maximum Gasteiger partial charge on any atom is 2.00 e. The zero-order valence-corrected chi connectivity index (χ0v) is 5.39. The molecular weight excluding hydrogens is 115 g/mol. The van der Waals surface area contributed by atoms with E-state index in [4.69, 9.17) is 0 Å². The Balaban J connectivity index is -0.0000000833. The molecule has 0 saturated carbocycles. The first-order valence-electron chi connectivity index (χ1n) is 1.13. The van der Waals surface area contributed by atoms with Gasteiger partial charge in [-0.2, -0.15) is 0 Å². The average molecular weight is 119 g/mol. The van der Waals surface area contributed by atoms with E-state index in [2.05, 4.69) is 9.05 Å². The van der Waals surface area contributed by atoms with Crippen molar-refractivity contribution < 1.29 is 16.5 Å². The van der Waals surface area contributed by atoms with E-state index in [9.17, 15) is 4.57 Å². The van der Waals surface area contributed by atoms with Gasteiger partial charge in [0.2, 0.25) is 0 Å². The third kappa shape index (κ3) is 1.49. The average Bonchev–Trinajstić information content (AvgIpc) is 1.30. The molecule has 0 aromatic rings. The Morgan fingerprint density at radius 2 is 2.00 bits per heavy atom. The minimum atomic E-state index is -1.67. The Hall–Kier alpha value is 0.786. The Bertz CT molecular complexity index is 64.3. The fourth-order valence-electron chi connectivity index (χ4n) is 0.0957. The molecule has 1 heterocycles. The third-order valence-electron chi connectivity index (χ3n) is 0.316. The second-order valence-corrected chi connectivity index (χ2v) is 1.56. The van der Waals surface area contributed by atoms with Crippen LogP contribution in [0.15, 0.2) is 0 Å². The van der Waals surface area contributed by atoms with Crippen molar-refractivity contribution in [2.75, 3.05) is 6.79 Å². The first kappa shape index (κ1) is 6.79. The summed E-state index contributed by atoms with van der Waals surface area (Å²) in [6.07, 6.45) is 0. The van der Waals surface area contributed by atoms with Crippen molar-refractivity contribution in [2.24, 2.45) is 0 Å². The maximum atomic E-state index is 9.60. The van der Waals surface area contributed by atoms with Crippen LogP contribution in [0.5, 0.6) is 0 Å². The van der Waals surface area contributed by atoms with Crippen molar-refractivity contribution in [1.29, 1.82) is 0 Å². The molecule has 0 amide bonds. The maximum absolute atomic E-state index is 9.60. The molecule has 1 aliphatic heterocycles. The van der Waals surface area contributed by atoms with Gasteiger partial charge in [0.25, 0.3) is 6.79 Å². The van der Waals surface area contributed by atoms with Gasteiger partial charge < -0.3 is 2.85 Å². The summed E-state index contributed by atoms with van der Waals surface area (Å²) in [5.74, 6) is 0. The second-order valence-electron chi connectivity index (χ2n) is 0.600. The van der Waals surface area contributed by atoms with E-state index in [1.165, 1.54) is 0 Å². The van der Waals surface area contributed by atoms with Gasteiger partial charge in [-0.1, -0.05) is 9.05 Å². The molecule has 0 atom stereocenters. The van der Waals surface area contributed by atoms with Crippen molar-refractivity contribution in [2.45, 2.75) is 0 Å². The molecule has 32 valence electrons. The van der Waals surface area contributed by atoms with Gasteiger partial charge in [-0.05, 0) is 0 Å². The SMILES string of the molecule is O=[P+]1OCO1.[H-].[H-].[Mg+2]. The van der Waals surface area contributed by atoms with E-state index in [0.29, 0.717) is 0 Å². The molecule has 1 aliphatic rings. The molecule has 1 fully saturated rings. The topological polar surface area (TPSA) is 35.5 Å². The first-order chi connectivity index (χ1) is 2.39. The van der Waals surface area contributed by atoms with Crippen molar-refractivity contribution in [3.8, 4) is 0 Å². The Morgan fingerprint density at radius 3 is 2.00 bits per heavy atom. The Labute approximate surface area is 55.1 Å². The zero-order valence-electron chi connectivity index (χ0n) is 5.09. The molecule has 0 spiro atoms. The van der Waals surface area contributed by atoms with Gasteiger partial charge in [0.05, 0.1) is 0 Å².